The van der Waals surface area contributed by atoms with Crippen molar-refractivity contribution in [2.75, 3.05) is 19.6 Å². The van der Waals surface area contributed by atoms with E-state index in [0.717, 1.165) is 25.3 Å². The molecule has 2 atom stereocenters. The lowest BCUT2D eigenvalue weighted by Crippen LogP contribution is -2.51. The summed E-state index contributed by atoms with van der Waals surface area (Å²) in [5, 5.41) is 4.04. The fourth-order valence-corrected chi connectivity index (χ4v) is 4.09. The molecule has 2 aromatic carbocycles. The molecule has 2 aromatic rings. The highest BCUT2D eigenvalue weighted by molar-refractivity contribution is 7.80. The van der Waals surface area contributed by atoms with Crippen LogP contribution < -0.4 is 5.32 Å². The van der Waals surface area contributed by atoms with Crippen molar-refractivity contribution in [3.8, 4) is 0 Å². The zero-order valence-corrected chi connectivity index (χ0v) is 15.7. The number of likely N-dealkylation sites (tertiary alicyclic amines) is 1. The molecule has 2 aliphatic heterocycles. The van der Waals surface area contributed by atoms with Gasteiger partial charge in [-0.2, -0.15) is 0 Å². The third-order valence-corrected chi connectivity index (χ3v) is 5.39. The van der Waals surface area contributed by atoms with Gasteiger partial charge in [0.05, 0.1) is 11.8 Å². The number of hydrogen-bond acceptors (Lipinski definition) is 2. The standard InChI is InChI=1S/C22H23N3S/c1-2-25-14-18(13-16-9-5-3-6-10-16)21-19(15-25)20(23-22(26)24-21)17-11-7-4-8-12-17/h3-13,19-20H,2,14-15H2,1H3,(H,23,26)/b18-13+. The second-order valence-corrected chi connectivity index (χ2v) is 7.24. The molecule has 0 radical (unpaired) electrons. The van der Waals surface area contributed by atoms with E-state index in [0.29, 0.717) is 11.0 Å². The average molecular weight is 362 g/mol. The van der Waals surface area contributed by atoms with E-state index in [1.54, 1.807) is 0 Å². The van der Waals surface area contributed by atoms with E-state index in [-0.39, 0.29) is 6.04 Å². The number of nitrogens with one attached hydrogen (secondary N) is 1. The van der Waals surface area contributed by atoms with Gasteiger partial charge in [-0.1, -0.05) is 67.6 Å². The molecule has 0 aliphatic carbocycles. The van der Waals surface area contributed by atoms with Crippen molar-refractivity contribution in [2.45, 2.75) is 13.0 Å². The summed E-state index contributed by atoms with van der Waals surface area (Å²) in [5.41, 5.74) is 4.90. The second-order valence-electron chi connectivity index (χ2n) is 6.85. The number of aliphatic imine (C=N–C) groups is 1. The Labute approximate surface area is 160 Å². The zero-order valence-electron chi connectivity index (χ0n) is 14.9. The van der Waals surface area contributed by atoms with Crippen molar-refractivity contribution in [1.82, 2.24) is 10.2 Å². The molecule has 2 unspecified atom stereocenters. The van der Waals surface area contributed by atoms with Gasteiger partial charge in [0.25, 0.3) is 0 Å². The first-order chi connectivity index (χ1) is 12.7. The molecule has 2 heterocycles. The lowest BCUT2D eigenvalue weighted by atomic mass is 9.81. The summed E-state index contributed by atoms with van der Waals surface area (Å²) in [5.74, 6) is 0.299. The van der Waals surface area contributed by atoms with E-state index < -0.39 is 0 Å². The molecule has 1 fully saturated rings. The van der Waals surface area contributed by atoms with Crippen LogP contribution in [0.1, 0.15) is 24.1 Å². The van der Waals surface area contributed by atoms with Crippen LogP contribution in [0.2, 0.25) is 0 Å². The van der Waals surface area contributed by atoms with E-state index >= 15 is 0 Å². The van der Waals surface area contributed by atoms with Crippen molar-refractivity contribution in [1.29, 1.82) is 0 Å². The molecule has 0 bridgehead atoms. The fourth-order valence-electron chi connectivity index (χ4n) is 3.87. The highest BCUT2D eigenvalue weighted by Gasteiger charge is 2.38. The van der Waals surface area contributed by atoms with Gasteiger partial charge in [-0.05, 0) is 41.5 Å². The van der Waals surface area contributed by atoms with Gasteiger partial charge in [-0.3, -0.25) is 4.90 Å². The van der Waals surface area contributed by atoms with E-state index in [1.165, 1.54) is 16.7 Å². The Hall–Kier alpha value is -2.30. The SMILES string of the molecule is CCN1C/C(=C\c2ccccc2)C2=NC(=S)NC(c3ccccc3)C2C1. The van der Waals surface area contributed by atoms with Crippen molar-refractivity contribution < 1.29 is 0 Å². The highest BCUT2D eigenvalue weighted by Crippen LogP contribution is 2.33. The second kappa shape index (κ2) is 7.52. The number of rotatable bonds is 3. The monoisotopic (exact) mass is 361 g/mol. The first-order valence-corrected chi connectivity index (χ1v) is 9.58. The largest absolute Gasteiger partial charge is 0.353 e. The van der Waals surface area contributed by atoms with Gasteiger partial charge in [0.15, 0.2) is 5.11 Å². The number of likely N-dealkylation sites (N-methyl/N-ethyl adjacent to an activating group) is 1. The molecule has 132 valence electrons. The maximum Gasteiger partial charge on any atom is 0.193 e. The summed E-state index contributed by atoms with van der Waals surface area (Å²) in [4.78, 5) is 7.26. The number of benzene rings is 2. The Balaban J connectivity index is 1.76. The quantitative estimate of drug-likeness (QED) is 0.835. The van der Waals surface area contributed by atoms with Crippen molar-refractivity contribution in [3.63, 3.8) is 0 Å². The first kappa shape index (κ1) is 17.1. The van der Waals surface area contributed by atoms with E-state index in [4.69, 9.17) is 17.2 Å². The Kier molecular flexibility index (Phi) is 4.96. The van der Waals surface area contributed by atoms with Gasteiger partial charge in [0, 0.05) is 19.0 Å². The summed E-state index contributed by atoms with van der Waals surface area (Å²) in [6, 6.07) is 21.2. The fraction of sp³-hybridized carbons (Fsp3) is 0.273. The zero-order chi connectivity index (χ0) is 17.9. The molecule has 0 aromatic heterocycles. The molecule has 4 rings (SSSR count). The summed E-state index contributed by atoms with van der Waals surface area (Å²) >= 11 is 5.49. The smallest absolute Gasteiger partial charge is 0.193 e. The topological polar surface area (TPSA) is 27.6 Å². The minimum atomic E-state index is 0.171. The Morgan fingerprint density at radius 1 is 1.12 bits per heavy atom. The number of thiocarbonyl (C=S) groups is 1. The lowest BCUT2D eigenvalue weighted by molar-refractivity contribution is 0.252. The maximum atomic E-state index is 5.49. The van der Waals surface area contributed by atoms with Crippen LogP contribution in [0.5, 0.6) is 0 Å². The number of nitrogens with zero attached hydrogens (tertiary/aromatic N) is 2. The van der Waals surface area contributed by atoms with Crippen LogP contribution >= 0.6 is 12.2 Å². The molecule has 2 aliphatic rings. The third kappa shape index (κ3) is 3.48. The number of fused-ring (bicyclic) bond motifs is 1. The van der Waals surface area contributed by atoms with E-state index in [1.807, 2.05) is 6.07 Å². The molecule has 1 saturated heterocycles. The van der Waals surface area contributed by atoms with Crippen molar-refractivity contribution >= 4 is 29.1 Å². The molecule has 0 spiro atoms. The van der Waals surface area contributed by atoms with Gasteiger partial charge >= 0.3 is 0 Å². The van der Waals surface area contributed by atoms with Gasteiger partial charge in [0.1, 0.15) is 0 Å². The maximum absolute atomic E-state index is 5.49. The van der Waals surface area contributed by atoms with E-state index in [2.05, 4.69) is 77.8 Å². The summed E-state index contributed by atoms with van der Waals surface area (Å²) in [6.07, 6.45) is 2.27. The Morgan fingerprint density at radius 3 is 2.50 bits per heavy atom. The summed E-state index contributed by atoms with van der Waals surface area (Å²) in [6.45, 7) is 5.17. The summed E-state index contributed by atoms with van der Waals surface area (Å²) < 4.78 is 0. The molecule has 1 N–H and O–H groups in total. The molecule has 26 heavy (non-hydrogen) atoms. The summed E-state index contributed by atoms with van der Waals surface area (Å²) in [7, 11) is 0. The van der Waals surface area contributed by atoms with Crippen LogP contribution in [-0.2, 0) is 0 Å². The lowest BCUT2D eigenvalue weighted by Gasteiger charge is -2.42. The molecule has 4 heteroatoms. The third-order valence-electron chi connectivity index (χ3n) is 5.18. The highest BCUT2D eigenvalue weighted by atomic mass is 32.1. The van der Waals surface area contributed by atoms with Crippen molar-refractivity contribution in [3.05, 3.63) is 77.4 Å². The van der Waals surface area contributed by atoms with Gasteiger partial charge < -0.3 is 5.32 Å². The minimum absolute atomic E-state index is 0.171. The molecule has 0 saturated carbocycles. The predicted molar refractivity (Wildman–Crippen MR) is 112 cm³/mol. The number of hydrogen-bond donors (Lipinski definition) is 1. The molecule has 3 nitrogen and oxygen atoms in total. The van der Waals surface area contributed by atoms with Crippen LogP contribution in [0.15, 0.2) is 71.2 Å². The number of piperidine rings is 1. The van der Waals surface area contributed by atoms with Crippen LogP contribution in [0.4, 0.5) is 0 Å². The van der Waals surface area contributed by atoms with E-state index in [9.17, 15) is 0 Å². The molecular weight excluding hydrogens is 338 g/mol. The van der Waals surface area contributed by atoms with Crippen LogP contribution in [0.3, 0.4) is 0 Å². The molecule has 0 amide bonds. The van der Waals surface area contributed by atoms with Crippen LogP contribution in [0.25, 0.3) is 6.08 Å². The van der Waals surface area contributed by atoms with Gasteiger partial charge in [-0.15, -0.1) is 0 Å². The minimum Gasteiger partial charge on any atom is -0.353 e. The first-order valence-electron chi connectivity index (χ1n) is 9.17. The van der Waals surface area contributed by atoms with Crippen LogP contribution in [-0.4, -0.2) is 35.4 Å². The Morgan fingerprint density at radius 2 is 1.81 bits per heavy atom. The average Bonchev–Trinajstić information content (AvgIpc) is 2.69. The predicted octanol–water partition coefficient (Wildman–Crippen LogP) is 4.09. The van der Waals surface area contributed by atoms with Gasteiger partial charge in [-0.25, -0.2) is 4.99 Å². The van der Waals surface area contributed by atoms with Gasteiger partial charge in [0.2, 0.25) is 0 Å². The Bertz CT molecular complexity index is 842. The normalized spacial score (nSPS) is 24.7. The molecular formula is C22H23N3S. The van der Waals surface area contributed by atoms with Crippen molar-refractivity contribution in [2.24, 2.45) is 10.9 Å². The van der Waals surface area contributed by atoms with Crippen LogP contribution in [0, 0.1) is 5.92 Å².